The number of benzene rings is 2. The first kappa shape index (κ1) is 19.2. The van der Waals surface area contributed by atoms with Crippen molar-refractivity contribution in [3.8, 4) is 5.75 Å². The predicted octanol–water partition coefficient (Wildman–Crippen LogP) is 3.56. The highest BCUT2D eigenvalue weighted by atomic mass is 19.2. The van der Waals surface area contributed by atoms with E-state index in [4.69, 9.17) is 4.74 Å². The van der Waals surface area contributed by atoms with E-state index in [9.17, 15) is 19.0 Å². The van der Waals surface area contributed by atoms with E-state index in [1.54, 1.807) is 0 Å². The molecule has 1 heterocycles. The molecule has 1 aliphatic heterocycles. The molecule has 150 valence electrons. The molecule has 2 aliphatic rings. The summed E-state index contributed by atoms with van der Waals surface area (Å²) in [6, 6.07) is 8.68. The number of halogens is 2. The second-order valence-electron chi connectivity index (χ2n) is 8.19. The van der Waals surface area contributed by atoms with Crippen LogP contribution in [0.5, 0.6) is 5.75 Å². The highest BCUT2D eigenvalue weighted by Gasteiger charge is 2.45. The summed E-state index contributed by atoms with van der Waals surface area (Å²) >= 11 is 0. The number of ether oxygens (including phenoxy) is 1. The molecule has 2 aromatic carbocycles. The molecule has 4 nitrogen and oxygen atoms in total. The number of aryl methyl sites for hydroxylation is 1. The molecule has 28 heavy (non-hydrogen) atoms. The van der Waals surface area contributed by atoms with Crippen LogP contribution < -0.4 is 10.1 Å². The van der Waals surface area contributed by atoms with Gasteiger partial charge in [0.1, 0.15) is 18.5 Å². The van der Waals surface area contributed by atoms with E-state index < -0.39 is 23.8 Å². The normalized spacial score (nSPS) is 23.5. The number of aliphatic hydroxyl groups is 2. The molecule has 1 aliphatic carbocycles. The Morgan fingerprint density at radius 2 is 1.86 bits per heavy atom. The first-order valence-corrected chi connectivity index (χ1v) is 9.66. The number of fused-ring (bicyclic) bond motifs is 1. The van der Waals surface area contributed by atoms with Gasteiger partial charge in [-0.2, -0.15) is 0 Å². The molecule has 1 fully saturated rings. The number of aliphatic hydroxyl groups excluding tert-OH is 2. The smallest absolute Gasteiger partial charge is 0.164 e. The molecule has 1 spiro atoms. The lowest BCUT2D eigenvalue weighted by molar-refractivity contribution is -0.0212. The molecule has 4 rings (SSSR count). The number of nitrogens with one attached hydrogen (secondary N) is 1. The lowest BCUT2D eigenvalue weighted by atomic mass is 9.94. The maximum Gasteiger partial charge on any atom is 0.164 e. The number of hydrogen-bond donors (Lipinski definition) is 3. The van der Waals surface area contributed by atoms with Crippen molar-refractivity contribution in [2.45, 2.75) is 44.8 Å². The highest BCUT2D eigenvalue weighted by molar-refractivity contribution is 5.64. The first-order chi connectivity index (χ1) is 13.4. The van der Waals surface area contributed by atoms with Gasteiger partial charge >= 0.3 is 0 Å². The van der Waals surface area contributed by atoms with E-state index in [2.05, 4.69) is 5.32 Å². The topological polar surface area (TPSA) is 61.7 Å². The molecular weight excluding hydrogens is 364 g/mol. The first-order valence-electron chi connectivity index (χ1n) is 9.66. The summed E-state index contributed by atoms with van der Waals surface area (Å²) in [5.74, 6) is -1.72. The summed E-state index contributed by atoms with van der Waals surface area (Å²) in [7, 11) is 0. The van der Waals surface area contributed by atoms with Gasteiger partial charge < -0.3 is 20.3 Å². The Morgan fingerprint density at radius 1 is 1.14 bits per heavy atom. The summed E-state index contributed by atoms with van der Waals surface area (Å²) < 4.78 is 34.6. The Morgan fingerprint density at radius 3 is 2.54 bits per heavy atom. The van der Waals surface area contributed by atoms with Crippen LogP contribution in [0.25, 0.3) is 0 Å². The Balaban J connectivity index is 1.73. The van der Waals surface area contributed by atoms with Gasteiger partial charge in [-0.15, -0.1) is 0 Å². The summed E-state index contributed by atoms with van der Waals surface area (Å²) in [5, 5.41) is 23.6. The van der Waals surface area contributed by atoms with E-state index in [1.165, 1.54) is 0 Å². The van der Waals surface area contributed by atoms with Crippen molar-refractivity contribution in [2.75, 3.05) is 18.5 Å². The van der Waals surface area contributed by atoms with Gasteiger partial charge in [0.15, 0.2) is 11.6 Å². The van der Waals surface area contributed by atoms with E-state index in [-0.39, 0.29) is 29.8 Å². The van der Waals surface area contributed by atoms with Crippen LogP contribution in [0.3, 0.4) is 0 Å². The Labute approximate surface area is 163 Å². The molecule has 2 unspecified atom stereocenters. The molecule has 2 aromatic rings. The lowest BCUT2D eigenvalue weighted by Gasteiger charge is -2.28. The zero-order valence-electron chi connectivity index (χ0n) is 15.8. The highest BCUT2D eigenvalue weighted by Crippen LogP contribution is 2.51. The molecule has 0 radical (unpaired) electrons. The maximum atomic E-state index is 14.8. The quantitative estimate of drug-likeness (QED) is 0.735. The second-order valence-corrected chi connectivity index (χ2v) is 8.19. The van der Waals surface area contributed by atoms with E-state index >= 15 is 0 Å². The summed E-state index contributed by atoms with van der Waals surface area (Å²) in [6.07, 6.45) is 0.561. The van der Waals surface area contributed by atoms with Crippen LogP contribution in [0.1, 0.15) is 36.0 Å². The molecule has 0 bridgehead atoms. The van der Waals surface area contributed by atoms with E-state index in [0.29, 0.717) is 18.7 Å². The van der Waals surface area contributed by atoms with E-state index in [0.717, 1.165) is 30.0 Å². The van der Waals surface area contributed by atoms with Gasteiger partial charge in [-0.25, -0.2) is 8.78 Å². The summed E-state index contributed by atoms with van der Waals surface area (Å²) in [5.41, 5.74) is 2.48. The summed E-state index contributed by atoms with van der Waals surface area (Å²) in [6.45, 7) is 2.30. The molecule has 0 saturated heterocycles. The van der Waals surface area contributed by atoms with Crippen molar-refractivity contribution in [1.29, 1.82) is 0 Å². The minimum Gasteiger partial charge on any atom is -0.488 e. The third kappa shape index (κ3) is 3.84. The molecule has 0 aromatic heterocycles. The minimum absolute atomic E-state index is 0.124. The number of hydrogen-bond acceptors (Lipinski definition) is 4. The monoisotopic (exact) mass is 389 g/mol. The van der Waals surface area contributed by atoms with Crippen molar-refractivity contribution in [2.24, 2.45) is 5.41 Å². The maximum absolute atomic E-state index is 14.8. The fourth-order valence-electron chi connectivity index (χ4n) is 3.81. The van der Waals surface area contributed by atoms with Crippen LogP contribution in [-0.4, -0.2) is 35.6 Å². The SMILES string of the molecule is Cc1ccc(Cc2c(F)c(F)cc3c2NCC2(CC2)CC(O)C(O)CO3)cc1. The fraction of sp³-hybridized carbons (Fsp3) is 0.455. The second kappa shape index (κ2) is 7.33. The average molecular weight is 389 g/mol. The van der Waals surface area contributed by atoms with Crippen LogP contribution in [0.15, 0.2) is 30.3 Å². The minimum atomic E-state index is -1.07. The van der Waals surface area contributed by atoms with Crippen LogP contribution >= 0.6 is 0 Å². The zero-order valence-corrected chi connectivity index (χ0v) is 15.8. The van der Waals surface area contributed by atoms with Crippen LogP contribution in [0.2, 0.25) is 0 Å². The zero-order chi connectivity index (χ0) is 19.9. The Bertz CT molecular complexity index is 865. The third-order valence-corrected chi connectivity index (χ3v) is 5.88. The van der Waals surface area contributed by atoms with E-state index in [1.807, 2.05) is 31.2 Å². The van der Waals surface area contributed by atoms with Gasteiger partial charge in [-0.1, -0.05) is 29.8 Å². The van der Waals surface area contributed by atoms with Crippen LogP contribution in [0.4, 0.5) is 14.5 Å². The van der Waals surface area contributed by atoms with Crippen LogP contribution in [-0.2, 0) is 6.42 Å². The molecule has 6 heteroatoms. The predicted molar refractivity (Wildman–Crippen MR) is 103 cm³/mol. The Kier molecular flexibility index (Phi) is 5.02. The van der Waals surface area contributed by atoms with Gasteiger partial charge in [0.25, 0.3) is 0 Å². The molecule has 2 atom stereocenters. The van der Waals surface area contributed by atoms with Crippen molar-refractivity contribution in [1.82, 2.24) is 0 Å². The third-order valence-electron chi connectivity index (χ3n) is 5.88. The van der Waals surface area contributed by atoms with Gasteiger partial charge in [-0.3, -0.25) is 0 Å². The van der Waals surface area contributed by atoms with Crippen molar-refractivity contribution >= 4 is 5.69 Å². The largest absolute Gasteiger partial charge is 0.488 e. The average Bonchev–Trinajstić information content (AvgIpc) is 3.43. The lowest BCUT2D eigenvalue weighted by Crippen LogP contribution is -2.36. The standard InChI is InChI=1S/C22H25F2NO3/c1-13-2-4-14(5-3-13)8-15-20(24)16(23)9-19-21(15)25-12-22(6-7-22)10-17(26)18(27)11-28-19/h2-5,9,17-18,25-27H,6-8,10-12H2,1H3. The summed E-state index contributed by atoms with van der Waals surface area (Å²) in [4.78, 5) is 0. The number of anilines is 1. The molecule has 0 amide bonds. The van der Waals surface area contributed by atoms with Crippen molar-refractivity contribution in [3.05, 3.63) is 58.7 Å². The van der Waals surface area contributed by atoms with Crippen molar-refractivity contribution in [3.63, 3.8) is 0 Å². The fourth-order valence-corrected chi connectivity index (χ4v) is 3.81. The Hall–Kier alpha value is -2.18. The number of rotatable bonds is 2. The van der Waals surface area contributed by atoms with Gasteiger partial charge in [0, 0.05) is 24.6 Å². The van der Waals surface area contributed by atoms with Gasteiger partial charge in [0.05, 0.1) is 11.8 Å². The molecule has 3 N–H and O–H groups in total. The van der Waals surface area contributed by atoms with Gasteiger partial charge in [0.2, 0.25) is 0 Å². The van der Waals surface area contributed by atoms with Crippen LogP contribution in [0, 0.1) is 24.0 Å². The van der Waals surface area contributed by atoms with Gasteiger partial charge in [-0.05, 0) is 37.2 Å². The molecule has 1 saturated carbocycles. The van der Waals surface area contributed by atoms with Crippen molar-refractivity contribution < 1.29 is 23.7 Å². The molecular formula is C22H25F2NO3.